The molecule has 1 aliphatic rings. The van der Waals surface area contributed by atoms with Gasteiger partial charge in [-0.25, -0.2) is 0 Å². The highest BCUT2D eigenvalue weighted by Gasteiger charge is 2.07. The molecule has 0 amide bonds. The standard InChI is InChI=1S/C5H10NO/c7-5-2-1-3-6-4-5/h3,5-7H,1-2,4H2. The van der Waals surface area contributed by atoms with Gasteiger partial charge in [0.2, 0.25) is 0 Å². The third-order valence-electron chi connectivity index (χ3n) is 1.14. The van der Waals surface area contributed by atoms with Crippen molar-refractivity contribution in [1.82, 2.24) is 5.32 Å². The summed E-state index contributed by atoms with van der Waals surface area (Å²) in [4.78, 5) is 0. The van der Waals surface area contributed by atoms with Gasteiger partial charge in [0.15, 0.2) is 0 Å². The van der Waals surface area contributed by atoms with E-state index in [2.05, 4.69) is 5.32 Å². The first-order valence-electron chi connectivity index (χ1n) is 2.63. The average Bonchev–Trinajstić information content (AvgIpc) is 1.69. The van der Waals surface area contributed by atoms with Crippen LogP contribution in [-0.4, -0.2) is 17.8 Å². The molecule has 2 heteroatoms. The SMILES string of the molecule is OC1CC[CH]NC1. The van der Waals surface area contributed by atoms with Crippen LogP contribution in [-0.2, 0) is 0 Å². The Balaban J connectivity index is 2.12. The summed E-state index contributed by atoms with van der Waals surface area (Å²) in [6.45, 7) is 2.73. The molecule has 1 atom stereocenters. The first kappa shape index (κ1) is 5.06. The molecule has 1 heterocycles. The normalized spacial score (nSPS) is 33.0. The van der Waals surface area contributed by atoms with Crippen LogP contribution in [0.25, 0.3) is 0 Å². The molecule has 2 nitrogen and oxygen atoms in total. The second kappa shape index (κ2) is 2.28. The number of hydrogen-bond donors (Lipinski definition) is 2. The predicted octanol–water partition coefficient (Wildman–Crippen LogP) is -0.108. The van der Waals surface area contributed by atoms with E-state index in [9.17, 15) is 0 Å². The van der Waals surface area contributed by atoms with E-state index in [1.165, 1.54) is 0 Å². The van der Waals surface area contributed by atoms with Crippen molar-refractivity contribution in [2.45, 2.75) is 18.9 Å². The zero-order valence-corrected chi connectivity index (χ0v) is 4.22. The zero-order valence-electron chi connectivity index (χ0n) is 4.22. The first-order chi connectivity index (χ1) is 3.39. The quantitative estimate of drug-likeness (QED) is 0.445. The zero-order chi connectivity index (χ0) is 5.11. The van der Waals surface area contributed by atoms with Gasteiger partial charge < -0.3 is 10.4 Å². The van der Waals surface area contributed by atoms with Gasteiger partial charge in [0.25, 0.3) is 0 Å². The third kappa shape index (κ3) is 1.45. The van der Waals surface area contributed by atoms with Crippen molar-refractivity contribution >= 4 is 0 Å². The Morgan fingerprint density at radius 3 is 2.86 bits per heavy atom. The first-order valence-corrected chi connectivity index (χ1v) is 2.63. The van der Waals surface area contributed by atoms with Crippen LogP contribution in [0, 0.1) is 6.54 Å². The summed E-state index contributed by atoms with van der Waals surface area (Å²) < 4.78 is 0. The fraction of sp³-hybridized carbons (Fsp3) is 0.800. The monoisotopic (exact) mass is 100 g/mol. The molecule has 1 fully saturated rings. The molecule has 2 N–H and O–H groups in total. The molecule has 1 aliphatic heterocycles. The number of nitrogens with one attached hydrogen (secondary N) is 1. The van der Waals surface area contributed by atoms with Gasteiger partial charge in [-0.15, -0.1) is 0 Å². The molecule has 0 aromatic heterocycles. The molecule has 0 saturated carbocycles. The average molecular weight is 100 g/mol. The lowest BCUT2D eigenvalue weighted by molar-refractivity contribution is 0.150. The highest BCUT2D eigenvalue weighted by atomic mass is 16.3. The maximum Gasteiger partial charge on any atom is 0.0665 e. The summed E-state index contributed by atoms with van der Waals surface area (Å²) in [5.41, 5.74) is 0. The third-order valence-corrected chi connectivity index (χ3v) is 1.14. The second-order valence-electron chi connectivity index (χ2n) is 1.84. The van der Waals surface area contributed by atoms with E-state index in [4.69, 9.17) is 5.11 Å². The summed E-state index contributed by atoms with van der Waals surface area (Å²) in [6, 6.07) is 0. The van der Waals surface area contributed by atoms with Gasteiger partial charge in [-0.05, 0) is 12.8 Å². The van der Waals surface area contributed by atoms with Gasteiger partial charge in [0.1, 0.15) is 0 Å². The number of rotatable bonds is 0. The number of hydrogen-bond acceptors (Lipinski definition) is 2. The van der Waals surface area contributed by atoms with E-state index in [1.54, 1.807) is 0 Å². The number of β-amino-alcohol motifs (C(OH)–C–C–N with tert-alkyl or cyclic N) is 1. The van der Waals surface area contributed by atoms with Crippen molar-refractivity contribution in [1.29, 1.82) is 0 Å². The van der Waals surface area contributed by atoms with Crippen molar-refractivity contribution in [3.05, 3.63) is 6.54 Å². The largest absolute Gasteiger partial charge is 0.392 e. The smallest absolute Gasteiger partial charge is 0.0665 e. The fourth-order valence-corrected chi connectivity index (χ4v) is 0.699. The van der Waals surface area contributed by atoms with Crippen LogP contribution in [0.15, 0.2) is 0 Å². The molecule has 1 rings (SSSR count). The summed E-state index contributed by atoms with van der Waals surface area (Å²) in [6.07, 6.45) is 1.82. The number of aliphatic hydroxyl groups excluding tert-OH is 1. The minimum atomic E-state index is -0.106. The van der Waals surface area contributed by atoms with Crippen LogP contribution < -0.4 is 5.32 Å². The van der Waals surface area contributed by atoms with Gasteiger partial charge in [-0.1, -0.05) is 0 Å². The van der Waals surface area contributed by atoms with E-state index in [-0.39, 0.29) is 6.10 Å². The summed E-state index contributed by atoms with van der Waals surface area (Å²) in [5, 5.41) is 11.8. The van der Waals surface area contributed by atoms with Crippen molar-refractivity contribution in [3.63, 3.8) is 0 Å². The van der Waals surface area contributed by atoms with Crippen LogP contribution in [0.2, 0.25) is 0 Å². The topological polar surface area (TPSA) is 32.3 Å². The lowest BCUT2D eigenvalue weighted by Gasteiger charge is -2.16. The van der Waals surface area contributed by atoms with Gasteiger partial charge in [0.05, 0.1) is 6.10 Å². The molecule has 1 radical (unpaired) electrons. The molecular weight excluding hydrogens is 90.1 g/mol. The second-order valence-corrected chi connectivity index (χ2v) is 1.84. The number of piperidine rings is 1. The molecule has 1 saturated heterocycles. The van der Waals surface area contributed by atoms with E-state index < -0.39 is 0 Å². The fourth-order valence-electron chi connectivity index (χ4n) is 0.699. The number of aliphatic hydroxyl groups is 1. The van der Waals surface area contributed by atoms with Crippen molar-refractivity contribution in [2.75, 3.05) is 6.54 Å². The van der Waals surface area contributed by atoms with Crippen LogP contribution in [0.4, 0.5) is 0 Å². The summed E-state index contributed by atoms with van der Waals surface area (Å²) in [5.74, 6) is 0. The Morgan fingerprint density at radius 1 is 1.71 bits per heavy atom. The van der Waals surface area contributed by atoms with E-state index in [0.29, 0.717) is 0 Å². The molecule has 0 aromatic rings. The van der Waals surface area contributed by atoms with E-state index in [1.807, 2.05) is 6.54 Å². The molecule has 0 spiro atoms. The molecular formula is C5H10NO. The summed E-state index contributed by atoms with van der Waals surface area (Å²) >= 11 is 0. The van der Waals surface area contributed by atoms with Crippen molar-refractivity contribution in [3.8, 4) is 0 Å². The minimum absolute atomic E-state index is 0.106. The van der Waals surface area contributed by atoms with Crippen molar-refractivity contribution in [2.24, 2.45) is 0 Å². The Hall–Kier alpha value is -0.0800. The molecule has 41 valence electrons. The van der Waals surface area contributed by atoms with Crippen LogP contribution in [0.1, 0.15) is 12.8 Å². The van der Waals surface area contributed by atoms with Crippen LogP contribution >= 0.6 is 0 Å². The van der Waals surface area contributed by atoms with E-state index >= 15 is 0 Å². The maximum atomic E-state index is 8.83. The van der Waals surface area contributed by atoms with Crippen LogP contribution in [0.5, 0.6) is 0 Å². The van der Waals surface area contributed by atoms with Gasteiger partial charge >= 0.3 is 0 Å². The molecule has 7 heavy (non-hydrogen) atoms. The minimum Gasteiger partial charge on any atom is -0.392 e. The molecule has 0 bridgehead atoms. The highest BCUT2D eigenvalue weighted by molar-refractivity contribution is 4.74. The van der Waals surface area contributed by atoms with Crippen LogP contribution in [0.3, 0.4) is 0 Å². The Morgan fingerprint density at radius 2 is 2.57 bits per heavy atom. The van der Waals surface area contributed by atoms with Gasteiger partial charge in [-0.2, -0.15) is 0 Å². The molecule has 0 aliphatic carbocycles. The lowest BCUT2D eigenvalue weighted by Crippen LogP contribution is -2.29. The molecule has 1 unspecified atom stereocenters. The summed E-state index contributed by atoms with van der Waals surface area (Å²) in [7, 11) is 0. The van der Waals surface area contributed by atoms with Gasteiger partial charge in [0, 0.05) is 13.1 Å². The maximum absolute atomic E-state index is 8.83. The highest BCUT2D eigenvalue weighted by Crippen LogP contribution is 2.01. The Labute approximate surface area is 43.5 Å². The van der Waals surface area contributed by atoms with Gasteiger partial charge in [-0.3, -0.25) is 0 Å². The lowest BCUT2D eigenvalue weighted by atomic mass is 10.1. The van der Waals surface area contributed by atoms with E-state index in [0.717, 1.165) is 19.4 Å². The van der Waals surface area contributed by atoms with Crippen molar-refractivity contribution < 1.29 is 5.11 Å². The Kier molecular flexibility index (Phi) is 1.65. The molecule has 0 aromatic carbocycles. The predicted molar refractivity (Wildman–Crippen MR) is 27.5 cm³/mol. The Bertz CT molecular complexity index is 50.0.